The fourth-order valence-corrected chi connectivity index (χ4v) is 8.74. The van der Waals surface area contributed by atoms with Gasteiger partial charge in [-0.1, -0.05) is 91.0 Å². The number of anilines is 5. The second-order valence-corrected chi connectivity index (χ2v) is 15.7. The third-order valence-corrected chi connectivity index (χ3v) is 11.8. The van der Waals surface area contributed by atoms with Crippen LogP contribution in [0.1, 0.15) is 57.6 Å². The quantitative estimate of drug-likeness (QED) is 0.0720. The first-order valence-electron chi connectivity index (χ1n) is 21.0. The summed E-state index contributed by atoms with van der Waals surface area (Å²) < 4.78 is 50.0. The number of hydrogen-bond donors (Lipinski definition) is 3. The van der Waals surface area contributed by atoms with Gasteiger partial charge in [0.1, 0.15) is 29.6 Å². The van der Waals surface area contributed by atoms with Crippen LogP contribution in [0.5, 0.6) is 0 Å². The minimum absolute atomic E-state index is 0.0728. The predicted molar refractivity (Wildman–Crippen MR) is 253 cm³/mol. The highest BCUT2D eigenvalue weighted by Crippen LogP contribution is 2.41. The molecular formula is C55H37F3N7+. The van der Waals surface area contributed by atoms with Gasteiger partial charge in [0.25, 0.3) is 0 Å². The maximum atomic E-state index is 15.5. The van der Waals surface area contributed by atoms with E-state index in [9.17, 15) is 14.9 Å². The number of allylic oxidation sites excluding steroid dienone is 3. The molecule has 0 aromatic heterocycles. The van der Waals surface area contributed by atoms with Gasteiger partial charge in [0.2, 0.25) is 5.71 Å². The number of para-hydroxylation sites is 2. The highest BCUT2D eigenvalue weighted by atomic mass is 19.1. The Morgan fingerprint density at radius 1 is 0.662 bits per heavy atom. The lowest BCUT2D eigenvalue weighted by atomic mass is 9.92. The van der Waals surface area contributed by atoms with Crippen molar-refractivity contribution in [2.75, 3.05) is 10.2 Å². The Kier molecular flexibility index (Phi) is 10.7. The minimum atomic E-state index is -1.03. The molecular weight excluding hydrogens is 816 g/mol. The molecule has 312 valence electrons. The molecule has 10 heteroatoms. The molecule has 1 aliphatic carbocycles. The molecule has 7 aromatic carbocycles. The molecule has 7 nitrogen and oxygen atoms in total. The van der Waals surface area contributed by atoms with E-state index in [1.807, 2.05) is 146 Å². The van der Waals surface area contributed by atoms with Crippen molar-refractivity contribution in [1.29, 1.82) is 10.5 Å². The highest BCUT2D eigenvalue weighted by Gasteiger charge is 2.39. The van der Waals surface area contributed by atoms with Crippen molar-refractivity contribution in [1.82, 2.24) is 15.3 Å². The van der Waals surface area contributed by atoms with Gasteiger partial charge in [-0.05, 0) is 101 Å². The van der Waals surface area contributed by atoms with Crippen LogP contribution < -0.4 is 25.5 Å². The first-order valence-corrected chi connectivity index (χ1v) is 21.0. The number of benzene rings is 7. The number of rotatable bonds is 10. The zero-order valence-electron chi connectivity index (χ0n) is 34.6. The SMILES string of the molecule is N#C/C(=C(/C#N)c1ccc(N(c2ccccc2)c2ccc(C3=[N+]=C(NC4NC5CC=Cc6cccc4c65)C(c4c(F)cc(F)cc4F)=C3)cc2)cc1)c1ccc(Nc2ccccc2)cc1. The Balaban J connectivity index is 0.968. The van der Waals surface area contributed by atoms with Crippen molar-refractivity contribution >= 4 is 62.8 Å². The maximum Gasteiger partial charge on any atom is 0.378 e. The molecule has 2 aliphatic heterocycles. The third kappa shape index (κ3) is 7.88. The van der Waals surface area contributed by atoms with Crippen molar-refractivity contribution in [2.24, 2.45) is 0 Å². The molecule has 0 saturated heterocycles. The highest BCUT2D eigenvalue weighted by molar-refractivity contribution is 6.34. The standard InChI is InChI=1S/C55H36F3N7/c56-38-29-48(57)53(49(58)30-38)45-31-51(63-55(45)64-54-44-15-7-9-37-10-8-16-50(62-54)52(37)44)36-21-27-43(28-22-36)65(41-13-5-2-6-14-41)42-25-19-35(20-26-42)47(33-60)46(32-59)34-17-23-40(24-18-34)61-39-11-3-1-4-12-39/h1-15,17-31,50,54,61-62H,16H2/p+1/b47-46+. The first-order chi connectivity index (χ1) is 31.8. The molecule has 0 spiro atoms. The van der Waals surface area contributed by atoms with E-state index in [1.165, 1.54) is 5.56 Å². The van der Waals surface area contributed by atoms with Crippen molar-refractivity contribution in [3.63, 3.8) is 0 Å². The number of hydrogen-bond acceptors (Lipinski definition) is 6. The summed E-state index contributed by atoms with van der Waals surface area (Å²) in [4.78, 5) is 2.06. The number of halogens is 3. The van der Waals surface area contributed by atoms with Crippen molar-refractivity contribution in [3.05, 3.63) is 232 Å². The summed E-state index contributed by atoms with van der Waals surface area (Å²) in [5, 5.41) is 31.0. The summed E-state index contributed by atoms with van der Waals surface area (Å²) in [5.74, 6) is -2.81. The summed E-state index contributed by atoms with van der Waals surface area (Å²) in [6.07, 6.45) is 6.26. The van der Waals surface area contributed by atoms with E-state index in [2.05, 4.69) is 51.2 Å². The van der Waals surface area contributed by atoms with Crippen molar-refractivity contribution in [2.45, 2.75) is 18.6 Å². The van der Waals surface area contributed by atoms with Crippen molar-refractivity contribution < 1.29 is 13.2 Å². The summed E-state index contributed by atoms with van der Waals surface area (Å²) in [6.45, 7) is 0. The maximum absolute atomic E-state index is 15.5. The zero-order valence-corrected chi connectivity index (χ0v) is 34.6. The fraction of sp³-hybridized carbons (Fsp3) is 0.0545. The van der Waals surface area contributed by atoms with Crippen LogP contribution in [0.4, 0.5) is 41.6 Å². The Bertz CT molecular complexity index is 3210. The summed E-state index contributed by atoms with van der Waals surface area (Å²) >= 11 is 0. The van der Waals surface area contributed by atoms with Crippen LogP contribution in [0, 0.1) is 40.1 Å². The van der Waals surface area contributed by atoms with Gasteiger partial charge < -0.3 is 10.2 Å². The van der Waals surface area contributed by atoms with Gasteiger partial charge in [-0.25, -0.2) is 23.2 Å². The Morgan fingerprint density at radius 2 is 1.25 bits per heavy atom. The molecule has 2 unspecified atom stereocenters. The molecule has 0 amide bonds. The molecule has 7 aromatic rings. The number of nitriles is 2. The van der Waals surface area contributed by atoms with Gasteiger partial charge in [-0.2, -0.15) is 10.5 Å². The van der Waals surface area contributed by atoms with Gasteiger partial charge in [-0.15, -0.1) is 0 Å². The molecule has 0 bridgehead atoms. The minimum Gasteiger partial charge on any atom is -0.356 e. The van der Waals surface area contributed by atoms with E-state index < -0.39 is 23.6 Å². The van der Waals surface area contributed by atoms with Crippen LogP contribution >= 0.6 is 0 Å². The second kappa shape index (κ2) is 17.2. The Labute approximate surface area is 373 Å². The Hall–Kier alpha value is -8.66. The van der Waals surface area contributed by atoms with Gasteiger partial charge in [0, 0.05) is 63.8 Å². The second-order valence-electron chi connectivity index (χ2n) is 15.7. The van der Waals surface area contributed by atoms with Gasteiger partial charge >= 0.3 is 5.84 Å². The molecule has 3 N–H and O–H groups in total. The number of nitrogens with zero attached hydrogens (tertiary/aromatic N) is 4. The molecule has 0 saturated carbocycles. The molecule has 0 radical (unpaired) electrons. The summed E-state index contributed by atoms with van der Waals surface area (Å²) in [6, 6.07) is 54.2. The van der Waals surface area contributed by atoms with Crippen molar-refractivity contribution in [3.8, 4) is 12.1 Å². The summed E-state index contributed by atoms with van der Waals surface area (Å²) in [5.41, 5.74) is 10.3. The predicted octanol–water partition coefficient (Wildman–Crippen LogP) is 12.0. The average molecular weight is 853 g/mol. The molecule has 2 atom stereocenters. The lowest BCUT2D eigenvalue weighted by Crippen LogP contribution is -2.36. The number of amidine groups is 1. The topological polar surface area (TPSA) is 101 Å². The van der Waals surface area contributed by atoms with Gasteiger partial charge in [-0.3, -0.25) is 5.32 Å². The first kappa shape index (κ1) is 40.4. The summed E-state index contributed by atoms with van der Waals surface area (Å²) in [7, 11) is 0. The van der Waals surface area contributed by atoms with Crippen LogP contribution in [-0.4, -0.2) is 11.5 Å². The van der Waals surface area contributed by atoms with E-state index in [1.54, 1.807) is 6.08 Å². The molecule has 65 heavy (non-hydrogen) atoms. The fourth-order valence-electron chi connectivity index (χ4n) is 8.74. The lowest BCUT2D eigenvalue weighted by molar-refractivity contribution is 0.477. The van der Waals surface area contributed by atoms with E-state index in [0.29, 0.717) is 34.5 Å². The molecule has 3 aliphatic rings. The van der Waals surface area contributed by atoms with Crippen LogP contribution in [-0.2, 0) is 0 Å². The smallest absolute Gasteiger partial charge is 0.356 e. The number of nitrogens with one attached hydrogen (secondary N) is 3. The van der Waals surface area contributed by atoms with Crippen LogP contribution in [0.2, 0.25) is 0 Å². The van der Waals surface area contributed by atoms with Gasteiger partial charge in [0.15, 0.2) is 6.17 Å². The normalized spacial score (nSPS) is 16.0. The zero-order chi connectivity index (χ0) is 44.4. The monoisotopic (exact) mass is 852 g/mol. The van der Waals surface area contributed by atoms with Gasteiger partial charge in [0.05, 0.1) is 22.3 Å². The Morgan fingerprint density at radius 3 is 1.89 bits per heavy atom. The van der Waals surface area contributed by atoms with Crippen LogP contribution in [0.15, 0.2) is 176 Å². The lowest BCUT2D eigenvalue weighted by Gasteiger charge is -2.25. The van der Waals surface area contributed by atoms with E-state index in [4.69, 9.17) is 4.67 Å². The molecule has 0 fully saturated rings. The van der Waals surface area contributed by atoms with E-state index in [-0.39, 0.29) is 34.2 Å². The van der Waals surface area contributed by atoms with E-state index >= 15 is 8.78 Å². The van der Waals surface area contributed by atoms with Crippen LogP contribution in [0.25, 0.3) is 22.8 Å². The molecule has 2 heterocycles. The average Bonchev–Trinajstić information content (AvgIpc) is 3.91. The third-order valence-electron chi connectivity index (χ3n) is 11.8. The largest absolute Gasteiger partial charge is 0.378 e. The molecule has 10 rings (SSSR count). The van der Waals surface area contributed by atoms with Crippen LogP contribution in [0.3, 0.4) is 0 Å². The van der Waals surface area contributed by atoms with E-state index in [0.717, 1.165) is 46.0 Å².